The van der Waals surface area contributed by atoms with E-state index in [1.165, 1.54) is 19.9 Å². The largest absolute Gasteiger partial charge is 0.419 e. The molecule has 0 aromatic heterocycles. The molecule has 0 radical (unpaired) electrons. The van der Waals surface area contributed by atoms with Crippen molar-refractivity contribution in [1.29, 1.82) is 0 Å². The Bertz CT molecular complexity index is 599. The van der Waals surface area contributed by atoms with Gasteiger partial charge in [-0.15, -0.1) is 11.8 Å². The van der Waals surface area contributed by atoms with Crippen LogP contribution in [0.1, 0.15) is 40.2 Å². The van der Waals surface area contributed by atoms with Crippen molar-refractivity contribution in [3.63, 3.8) is 0 Å². The topological polar surface area (TPSA) is 52.6 Å². The van der Waals surface area contributed by atoms with Crippen LogP contribution in [0, 0.1) is 0 Å². The summed E-state index contributed by atoms with van der Waals surface area (Å²) in [6.45, 7) is 9.48. The number of benzene rings is 1. The molecule has 2 rings (SSSR count). The van der Waals surface area contributed by atoms with Crippen molar-refractivity contribution >= 4 is 29.8 Å². The molecular weight excluding hydrogens is 300 g/mol. The van der Waals surface area contributed by atoms with Crippen LogP contribution >= 0.6 is 11.8 Å². The van der Waals surface area contributed by atoms with Crippen molar-refractivity contribution in [1.82, 2.24) is 0 Å². The lowest BCUT2D eigenvalue weighted by atomic mass is 10.1. The predicted octanol–water partition coefficient (Wildman–Crippen LogP) is 3.80. The zero-order valence-corrected chi connectivity index (χ0v) is 14.2. The van der Waals surface area contributed by atoms with Gasteiger partial charge in [0.2, 0.25) is 0 Å². The molecule has 1 aromatic rings. The third kappa shape index (κ3) is 4.37. The van der Waals surface area contributed by atoms with E-state index in [0.717, 1.165) is 10.5 Å². The second-order valence-electron chi connectivity index (χ2n) is 6.52. The number of carbonyl (C=O) groups excluding carboxylic acids is 2. The van der Waals surface area contributed by atoms with E-state index in [9.17, 15) is 9.59 Å². The van der Waals surface area contributed by atoms with Crippen LogP contribution < -0.4 is 0 Å². The maximum Gasteiger partial charge on any atom is 0.348 e. The lowest BCUT2D eigenvalue weighted by molar-refractivity contribution is -0.222. The molecule has 4 nitrogen and oxygen atoms in total. The molecule has 1 aromatic carbocycles. The van der Waals surface area contributed by atoms with E-state index in [2.05, 4.69) is 20.8 Å². The van der Waals surface area contributed by atoms with E-state index in [1.54, 1.807) is 11.8 Å². The van der Waals surface area contributed by atoms with Gasteiger partial charge in [0.25, 0.3) is 5.79 Å². The molecule has 0 bridgehead atoms. The Morgan fingerprint density at radius 3 is 1.95 bits per heavy atom. The molecule has 1 fully saturated rings. The van der Waals surface area contributed by atoms with Gasteiger partial charge in [0, 0.05) is 23.5 Å². The normalized spacial score (nSPS) is 17.8. The summed E-state index contributed by atoms with van der Waals surface area (Å²) in [6.07, 6.45) is 1.49. The zero-order valence-electron chi connectivity index (χ0n) is 13.4. The monoisotopic (exact) mass is 320 g/mol. The van der Waals surface area contributed by atoms with Gasteiger partial charge < -0.3 is 9.47 Å². The quantitative estimate of drug-likeness (QED) is 0.359. The number of hydrogen-bond donors (Lipinski definition) is 0. The van der Waals surface area contributed by atoms with Gasteiger partial charge in [-0.2, -0.15) is 0 Å². The first-order chi connectivity index (χ1) is 10.1. The van der Waals surface area contributed by atoms with Crippen molar-refractivity contribution in [2.45, 2.75) is 50.0 Å². The third-order valence-corrected chi connectivity index (χ3v) is 3.85. The lowest BCUT2D eigenvalue weighted by Gasteiger charge is -2.29. The molecule has 0 atom stereocenters. The molecule has 0 spiro atoms. The summed E-state index contributed by atoms with van der Waals surface area (Å²) in [5.74, 6) is -2.53. The number of hydrogen-bond acceptors (Lipinski definition) is 5. The summed E-state index contributed by atoms with van der Waals surface area (Å²) < 4.78 is 10.3. The lowest BCUT2D eigenvalue weighted by Crippen LogP contribution is -2.41. The summed E-state index contributed by atoms with van der Waals surface area (Å²) >= 11 is 1.75. The first-order valence-electron chi connectivity index (χ1n) is 7.03. The number of carbonyl (C=O) groups is 2. The van der Waals surface area contributed by atoms with Gasteiger partial charge in [-0.05, 0) is 23.8 Å². The van der Waals surface area contributed by atoms with Crippen LogP contribution in [0.25, 0.3) is 6.08 Å². The minimum absolute atomic E-state index is 0.0875. The van der Waals surface area contributed by atoms with Crippen LogP contribution in [0.4, 0.5) is 0 Å². The highest BCUT2D eigenvalue weighted by atomic mass is 32.2. The molecule has 5 heteroatoms. The summed E-state index contributed by atoms with van der Waals surface area (Å²) in [5, 5.41) is 0. The molecule has 0 N–H and O–H groups in total. The number of ether oxygens (including phenoxy) is 2. The number of rotatable bonds is 2. The highest BCUT2D eigenvalue weighted by Gasteiger charge is 2.38. The van der Waals surface area contributed by atoms with Crippen LogP contribution in [-0.4, -0.2) is 22.5 Å². The second kappa shape index (κ2) is 5.80. The fraction of sp³-hybridized carbons (Fsp3) is 0.412. The molecular formula is C17H20O4S. The molecule has 0 aliphatic carbocycles. The minimum atomic E-state index is -1.21. The molecule has 0 unspecified atom stereocenters. The second-order valence-corrected chi connectivity index (χ2v) is 8.42. The van der Waals surface area contributed by atoms with Gasteiger partial charge >= 0.3 is 11.9 Å². The highest BCUT2D eigenvalue weighted by Crippen LogP contribution is 2.32. The van der Waals surface area contributed by atoms with Crippen molar-refractivity contribution < 1.29 is 19.1 Å². The standard InChI is InChI=1S/C17H20O4S/c1-16(2,3)22-12-8-6-11(7-9-12)10-13-14(18)20-17(4,5)21-15(13)19/h6-10H,1-5H3. The van der Waals surface area contributed by atoms with E-state index in [0.29, 0.717) is 0 Å². The van der Waals surface area contributed by atoms with Crippen LogP contribution in [-0.2, 0) is 19.1 Å². The van der Waals surface area contributed by atoms with E-state index >= 15 is 0 Å². The van der Waals surface area contributed by atoms with Crippen LogP contribution in [0.15, 0.2) is 34.7 Å². The van der Waals surface area contributed by atoms with E-state index in [4.69, 9.17) is 9.47 Å². The molecule has 0 amide bonds. The summed E-state index contributed by atoms with van der Waals surface area (Å²) in [5.41, 5.74) is 0.664. The van der Waals surface area contributed by atoms with Gasteiger partial charge in [0.1, 0.15) is 5.57 Å². The Morgan fingerprint density at radius 2 is 1.50 bits per heavy atom. The van der Waals surface area contributed by atoms with Crippen molar-refractivity contribution in [2.75, 3.05) is 0 Å². The molecule has 22 heavy (non-hydrogen) atoms. The van der Waals surface area contributed by atoms with Gasteiger partial charge in [0.05, 0.1) is 0 Å². The van der Waals surface area contributed by atoms with Crippen LogP contribution in [0.2, 0.25) is 0 Å². The van der Waals surface area contributed by atoms with Crippen molar-refractivity contribution in [3.8, 4) is 0 Å². The molecule has 118 valence electrons. The fourth-order valence-electron chi connectivity index (χ4n) is 1.93. The van der Waals surface area contributed by atoms with E-state index in [1.807, 2.05) is 24.3 Å². The van der Waals surface area contributed by atoms with Gasteiger partial charge in [-0.3, -0.25) is 0 Å². The Hall–Kier alpha value is -1.75. The predicted molar refractivity (Wildman–Crippen MR) is 86.3 cm³/mol. The third-order valence-electron chi connectivity index (χ3n) is 2.73. The molecule has 1 aliphatic heterocycles. The Labute approximate surface area is 134 Å². The number of esters is 2. The highest BCUT2D eigenvalue weighted by molar-refractivity contribution is 8.00. The maximum absolute atomic E-state index is 11.9. The Morgan fingerprint density at radius 1 is 1.00 bits per heavy atom. The molecule has 0 saturated carbocycles. The molecule has 1 aliphatic rings. The van der Waals surface area contributed by atoms with E-state index in [-0.39, 0.29) is 10.3 Å². The van der Waals surface area contributed by atoms with Crippen molar-refractivity contribution in [2.24, 2.45) is 0 Å². The van der Waals surface area contributed by atoms with E-state index < -0.39 is 17.7 Å². The number of cyclic esters (lactones) is 2. The van der Waals surface area contributed by atoms with Crippen LogP contribution in [0.5, 0.6) is 0 Å². The Kier molecular flexibility index (Phi) is 4.38. The Balaban J connectivity index is 2.19. The first kappa shape index (κ1) is 16.6. The average Bonchev–Trinajstić information content (AvgIpc) is 2.33. The van der Waals surface area contributed by atoms with Crippen molar-refractivity contribution in [3.05, 3.63) is 35.4 Å². The summed E-state index contributed by atoms with van der Waals surface area (Å²) in [7, 11) is 0. The van der Waals surface area contributed by atoms with Gasteiger partial charge in [0.15, 0.2) is 0 Å². The van der Waals surface area contributed by atoms with Gasteiger partial charge in [-0.25, -0.2) is 9.59 Å². The smallest absolute Gasteiger partial charge is 0.348 e. The number of thioether (sulfide) groups is 1. The average molecular weight is 320 g/mol. The zero-order chi connectivity index (χ0) is 16.5. The molecule has 1 saturated heterocycles. The summed E-state index contributed by atoms with van der Waals surface area (Å²) in [4.78, 5) is 24.9. The fourth-order valence-corrected chi connectivity index (χ4v) is 2.91. The van der Waals surface area contributed by atoms with Gasteiger partial charge in [-0.1, -0.05) is 32.9 Å². The maximum atomic E-state index is 11.9. The summed E-state index contributed by atoms with van der Waals surface area (Å²) in [6, 6.07) is 7.65. The minimum Gasteiger partial charge on any atom is -0.419 e. The SMILES string of the molecule is CC1(C)OC(=O)C(=Cc2ccc(SC(C)(C)C)cc2)C(=O)O1. The van der Waals surface area contributed by atoms with Crippen LogP contribution in [0.3, 0.4) is 0 Å². The molecule has 1 heterocycles. The first-order valence-corrected chi connectivity index (χ1v) is 7.85.